The molecule has 2 saturated carbocycles. The summed E-state index contributed by atoms with van der Waals surface area (Å²) in [6.45, 7) is 4.24. The average molecular weight is 381 g/mol. The van der Waals surface area contributed by atoms with Crippen LogP contribution in [0.15, 0.2) is 36.4 Å². The van der Waals surface area contributed by atoms with Crippen LogP contribution < -0.4 is 10.6 Å². The van der Waals surface area contributed by atoms with Crippen molar-refractivity contribution < 1.29 is 0 Å². The molecule has 0 saturated heterocycles. The number of rotatable bonds is 8. The number of benzene rings is 1. The van der Waals surface area contributed by atoms with Crippen molar-refractivity contribution in [3.05, 3.63) is 47.6 Å². The molecule has 2 nitrogen and oxygen atoms in total. The SMILES string of the molecule is CC=CCc1cc(CC=CC)c(NC2CCCCC2)cc1NC1CCCCC1. The van der Waals surface area contributed by atoms with Gasteiger partial charge >= 0.3 is 0 Å². The monoisotopic (exact) mass is 380 g/mol. The lowest BCUT2D eigenvalue weighted by atomic mass is 9.93. The van der Waals surface area contributed by atoms with E-state index >= 15 is 0 Å². The first kappa shape index (κ1) is 21.0. The summed E-state index contributed by atoms with van der Waals surface area (Å²) in [6, 6.07) is 6.17. The average Bonchev–Trinajstić information content (AvgIpc) is 2.74. The highest BCUT2D eigenvalue weighted by atomic mass is 15.0. The molecule has 3 rings (SSSR count). The van der Waals surface area contributed by atoms with Crippen molar-refractivity contribution in [3.63, 3.8) is 0 Å². The molecule has 0 aliphatic heterocycles. The summed E-state index contributed by atoms with van der Waals surface area (Å²) in [5.74, 6) is 0. The van der Waals surface area contributed by atoms with E-state index in [-0.39, 0.29) is 0 Å². The van der Waals surface area contributed by atoms with Gasteiger partial charge in [0, 0.05) is 23.5 Å². The zero-order chi connectivity index (χ0) is 19.6. The fraction of sp³-hybridized carbons (Fsp3) is 0.615. The van der Waals surface area contributed by atoms with Gasteiger partial charge in [-0.05, 0) is 69.6 Å². The van der Waals surface area contributed by atoms with E-state index in [0.29, 0.717) is 12.1 Å². The molecule has 28 heavy (non-hydrogen) atoms. The molecule has 2 heteroatoms. The van der Waals surface area contributed by atoms with Crippen molar-refractivity contribution >= 4 is 11.4 Å². The van der Waals surface area contributed by atoms with Gasteiger partial charge in [-0.1, -0.05) is 68.9 Å². The third kappa shape index (κ3) is 6.15. The van der Waals surface area contributed by atoms with Crippen LogP contribution in [0.5, 0.6) is 0 Å². The van der Waals surface area contributed by atoms with Gasteiger partial charge in [0.15, 0.2) is 0 Å². The highest BCUT2D eigenvalue weighted by Gasteiger charge is 2.18. The summed E-state index contributed by atoms with van der Waals surface area (Å²) >= 11 is 0. The van der Waals surface area contributed by atoms with E-state index in [4.69, 9.17) is 0 Å². The Bertz CT molecular complexity index is 593. The lowest BCUT2D eigenvalue weighted by Gasteiger charge is -2.28. The molecule has 0 heterocycles. The van der Waals surface area contributed by atoms with Gasteiger partial charge < -0.3 is 10.6 Å². The van der Waals surface area contributed by atoms with E-state index in [9.17, 15) is 0 Å². The smallest absolute Gasteiger partial charge is 0.0398 e. The van der Waals surface area contributed by atoms with Crippen LogP contribution in [-0.2, 0) is 12.8 Å². The minimum atomic E-state index is 0.641. The van der Waals surface area contributed by atoms with E-state index in [1.165, 1.54) is 86.7 Å². The van der Waals surface area contributed by atoms with Gasteiger partial charge in [-0.2, -0.15) is 0 Å². The Balaban J connectivity index is 1.87. The predicted molar refractivity (Wildman–Crippen MR) is 124 cm³/mol. The Morgan fingerprint density at radius 2 is 1.11 bits per heavy atom. The first-order chi connectivity index (χ1) is 13.8. The second-order valence-corrected chi connectivity index (χ2v) is 8.67. The zero-order valence-corrected chi connectivity index (χ0v) is 18.1. The first-order valence-electron chi connectivity index (χ1n) is 11.7. The predicted octanol–water partition coefficient (Wildman–Crippen LogP) is 7.41. The van der Waals surface area contributed by atoms with Gasteiger partial charge in [0.2, 0.25) is 0 Å². The van der Waals surface area contributed by atoms with E-state index in [1.54, 1.807) is 0 Å². The van der Waals surface area contributed by atoms with E-state index in [0.717, 1.165) is 12.8 Å². The summed E-state index contributed by atoms with van der Waals surface area (Å²) in [5, 5.41) is 7.85. The zero-order valence-electron chi connectivity index (χ0n) is 18.1. The van der Waals surface area contributed by atoms with Crippen molar-refractivity contribution in [3.8, 4) is 0 Å². The number of hydrogen-bond acceptors (Lipinski definition) is 2. The molecule has 154 valence electrons. The number of hydrogen-bond donors (Lipinski definition) is 2. The molecule has 1 aromatic rings. The normalized spacial score (nSPS) is 19.5. The molecule has 1 aromatic carbocycles. The van der Waals surface area contributed by atoms with Crippen molar-refractivity contribution in [1.82, 2.24) is 0 Å². The maximum absolute atomic E-state index is 3.93. The van der Waals surface area contributed by atoms with E-state index < -0.39 is 0 Å². The lowest BCUT2D eigenvalue weighted by molar-refractivity contribution is 0.461. The Labute approximate surface area is 172 Å². The summed E-state index contributed by atoms with van der Waals surface area (Å²) in [5.41, 5.74) is 5.59. The molecule has 0 spiro atoms. The molecule has 0 aromatic heterocycles. The van der Waals surface area contributed by atoms with Gasteiger partial charge in [0.1, 0.15) is 0 Å². The molecule has 2 fully saturated rings. The quantitative estimate of drug-likeness (QED) is 0.459. The first-order valence-corrected chi connectivity index (χ1v) is 11.7. The van der Waals surface area contributed by atoms with Gasteiger partial charge in [-0.15, -0.1) is 0 Å². The van der Waals surface area contributed by atoms with Crippen molar-refractivity contribution in [2.45, 2.75) is 103 Å². The maximum atomic E-state index is 3.93. The van der Waals surface area contributed by atoms with Crippen LogP contribution in [0.25, 0.3) is 0 Å². The molecule has 2 aliphatic rings. The summed E-state index contributed by atoms with van der Waals surface area (Å²) < 4.78 is 0. The standard InChI is InChI=1S/C26H40N2/c1-3-5-13-21-19-22(14-6-4-2)26(28-24-17-11-8-12-18-24)20-25(21)27-23-15-9-7-10-16-23/h3-6,19-20,23-24,27-28H,7-18H2,1-2H3. The van der Waals surface area contributed by atoms with E-state index in [2.05, 4.69) is 60.9 Å². The van der Waals surface area contributed by atoms with Crippen molar-refractivity contribution in [2.75, 3.05) is 10.6 Å². The van der Waals surface area contributed by atoms with Crippen LogP contribution in [0.1, 0.15) is 89.2 Å². The van der Waals surface area contributed by atoms with Crippen LogP contribution in [0.4, 0.5) is 11.4 Å². The topological polar surface area (TPSA) is 24.1 Å². The Morgan fingerprint density at radius 3 is 1.50 bits per heavy atom. The molecule has 2 aliphatic carbocycles. The molecular weight excluding hydrogens is 340 g/mol. The maximum Gasteiger partial charge on any atom is 0.0398 e. The second kappa shape index (κ2) is 11.3. The second-order valence-electron chi connectivity index (χ2n) is 8.67. The fourth-order valence-corrected chi connectivity index (χ4v) is 4.73. The lowest BCUT2D eigenvalue weighted by Crippen LogP contribution is -2.25. The molecular formula is C26H40N2. The largest absolute Gasteiger partial charge is 0.382 e. The van der Waals surface area contributed by atoms with Crippen LogP contribution in [0, 0.1) is 0 Å². The van der Waals surface area contributed by atoms with Gasteiger partial charge in [-0.3, -0.25) is 0 Å². The van der Waals surface area contributed by atoms with Crippen molar-refractivity contribution in [1.29, 1.82) is 0 Å². The minimum absolute atomic E-state index is 0.641. The fourth-order valence-electron chi connectivity index (χ4n) is 4.73. The summed E-state index contributed by atoms with van der Waals surface area (Å²) in [6.07, 6.45) is 24.5. The summed E-state index contributed by atoms with van der Waals surface area (Å²) in [4.78, 5) is 0. The molecule has 0 radical (unpaired) electrons. The third-order valence-electron chi connectivity index (χ3n) is 6.41. The summed E-state index contributed by atoms with van der Waals surface area (Å²) in [7, 11) is 0. The van der Waals surface area contributed by atoms with Crippen LogP contribution in [0.2, 0.25) is 0 Å². The number of allylic oxidation sites excluding steroid dienone is 4. The highest BCUT2D eigenvalue weighted by molar-refractivity contribution is 5.67. The van der Waals surface area contributed by atoms with Gasteiger partial charge in [0.25, 0.3) is 0 Å². The van der Waals surface area contributed by atoms with Gasteiger partial charge in [0.05, 0.1) is 0 Å². The molecule has 0 unspecified atom stereocenters. The van der Waals surface area contributed by atoms with Gasteiger partial charge in [-0.25, -0.2) is 0 Å². The van der Waals surface area contributed by atoms with Crippen molar-refractivity contribution in [2.24, 2.45) is 0 Å². The third-order valence-corrected chi connectivity index (χ3v) is 6.41. The van der Waals surface area contributed by atoms with Crippen LogP contribution in [-0.4, -0.2) is 12.1 Å². The highest BCUT2D eigenvalue weighted by Crippen LogP contribution is 2.32. The Morgan fingerprint density at radius 1 is 0.679 bits per heavy atom. The van der Waals surface area contributed by atoms with Crippen LogP contribution >= 0.6 is 0 Å². The molecule has 2 N–H and O–H groups in total. The Kier molecular flexibility index (Phi) is 8.51. The number of nitrogens with one attached hydrogen (secondary N) is 2. The van der Waals surface area contributed by atoms with E-state index in [1.807, 2.05) is 0 Å². The van der Waals surface area contributed by atoms with Crippen LogP contribution in [0.3, 0.4) is 0 Å². The molecule has 0 atom stereocenters. The Hall–Kier alpha value is -1.70. The molecule has 0 bridgehead atoms. The molecule has 0 amide bonds. The minimum Gasteiger partial charge on any atom is -0.382 e. The number of anilines is 2.